The number of carbonyl (C=O) groups excluding carboxylic acids is 2. The molecule has 2 saturated heterocycles. The summed E-state index contributed by atoms with van der Waals surface area (Å²) >= 11 is 0. The van der Waals surface area contributed by atoms with E-state index in [0.29, 0.717) is 44.2 Å². The number of morpholine rings is 1. The number of rotatable bonds is 8. The fourth-order valence-electron chi connectivity index (χ4n) is 4.54. The first-order valence-electron chi connectivity index (χ1n) is 11.9. The van der Waals surface area contributed by atoms with Crippen molar-refractivity contribution in [1.29, 1.82) is 0 Å². The molecule has 2 fully saturated rings. The van der Waals surface area contributed by atoms with Gasteiger partial charge in [0.25, 0.3) is 11.7 Å². The van der Waals surface area contributed by atoms with Crippen molar-refractivity contribution < 1.29 is 24.2 Å². The molecule has 0 bridgehead atoms. The second kappa shape index (κ2) is 10.9. The van der Waals surface area contributed by atoms with E-state index >= 15 is 0 Å². The second-order valence-electron chi connectivity index (χ2n) is 8.94. The van der Waals surface area contributed by atoms with Gasteiger partial charge < -0.3 is 19.5 Å². The SMILES string of the molecule is C=CCOc1ccc(C(O)=C2C(=O)C(=O)N(CCN3CCOCC3)[C@@H]2c2ccc(C)cc2)cc1C. The van der Waals surface area contributed by atoms with Crippen molar-refractivity contribution in [2.24, 2.45) is 0 Å². The maximum atomic E-state index is 13.2. The molecule has 0 spiro atoms. The minimum atomic E-state index is -0.667. The lowest BCUT2D eigenvalue weighted by atomic mass is 9.94. The van der Waals surface area contributed by atoms with E-state index < -0.39 is 17.7 Å². The molecule has 2 aliphatic rings. The topological polar surface area (TPSA) is 79.3 Å². The van der Waals surface area contributed by atoms with Crippen LogP contribution in [-0.2, 0) is 14.3 Å². The third kappa shape index (κ3) is 5.31. The van der Waals surface area contributed by atoms with Crippen LogP contribution in [0.4, 0.5) is 0 Å². The molecular weight excluding hydrogens is 444 g/mol. The molecule has 2 aromatic rings. The molecule has 184 valence electrons. The van der Waals surface area contributed by atoms with Crippen LogP contribution in [0, 0.1) is 13.8 Å². The van der Waals surface area contributed by atoms with Crippen LogP contribution >= 0.6 is 0 Å². The highest BCUT2D eigenvalue weighted by atomic mass is 16.5. The van der Waals surface area contributed by atoms with E-state index in [1.54, 1.807) is 29.2 Å². The van der Waals surface area contributed by atoms with Crippen LogP contribution < -0.4 is 4.74 Å². The van der Waals surface area contributed by atoms with Crippen LogP contribution in [0.3, 0.4) is 0 Å². The molecule has 7 heteroatoms. The molecule has 1 N–H and O–H groups in total. The Balaban J connectivity index is 1.71. The Morgan fingerprint density at radius 3 is 2.49 bits per heavy atom. The standard InChI is InChI=1S/C28H32N2O5/c1-4-15-35-23-10-9-22(18-20(23)3)26(31)24-25(21-7-5-19(2)6-8-21)30(28(33)27(24)32)12-11-29-13-16-34-17-14-29/h4-10,18,25,31H,1,11-17H2,2-3H3/t25-/m1/s1. The predicted octanol–water partition coefficient (Wildman–Crippen LogP) is 3.62. The predicted molar refractivity (Wildman–Crippen MR) is 134 cm³/mol. The summed E-state index contributed by atoms with van der Waals surface area (Å²) in [5.41, 5.74) is 3.26. The van der Waals surface area contributed by atoms with Crippen molar-refractivity contribution in [3.63, 3.8) is 0 Å². The van der Waals surface area contributed by atoms with Gasteiger partial charge in [-0.25, -0.2) is 0 Å². The largest absolute Gasteiger partial charge is 0.507 e. The van der Waals surface area contributed by atoms with Crippen LogP contribution in [-0.4, -0.2) is 72.6 Å². The van der Waals surface area contributed by atoms with Crippen molar-refractivity contribution in [1.82, 2.24) is 9.80 Å². The number of amides is 1. The lowest BCUT2D eigenvalue weighted by Crippen LogP contribution is -2.42. The number of aliphatic hydroxyl groups is 1. The summed E-state index contributed by atoms with van der Waals surface area (Å²) in [6, 6.07) is 12.3. The molecular formula is C28H32N2O5. The summed E-state index contributed by atoms with van der Waals surface area (Å²) in [6.45, 7) is 11.8. The molecule has 0 unspecified atom stereocenters. The lowest BCUT2D eigenvalue weighted by molar-refractivity contribution is -0.140. The zero-order chi connectivity index (χ0) is 24.9. The van der Waals surface area contributed by atoms with Gasteiger partial charge in [-0.2, -0.15) is 0 Å². The fraction of sp³-hybridized carbons (Fsp3) is 0.357. The monoisotopic (exact) mass is 476 g/mol. The Hall–Kier alpha value is -3.42. The first kappa shape index (κ1) is 24.7. The smallest absolute Gasteiger partial charge is 0.295 e. The van der Waals surface area contributed by atoms with Crippen LogP contribution in [0.5, 0.6) is 5.75 Å². The average molecular weight is 477 g/mol. The highest BCUT2D eigenvalue weighted by molar-refractivity contribution is 6.46. The maximum Gasteiger partial charge on any atom is 0.295 e. The van der Waals surface area contributed by atoms with Crippen molar-refractivity contribution >= 4 is 17.4 Å². The van der Waals surface area contributed by atoms with E-state index in [0.717, 1.165) is 29.8 Å². The highest BCUT2D eigenvalue weighted by Crippen LogP contribution is 2.39. The summed E-state index contributed by atoms with van der Waals surface area (Å²) in [5.74, 6) is -0.767. The minimum Gasteiger partial charge on any atom is -0.507 e. The average Bonchev–Trinajstić information content (AvgIpc) is 3.12. The van der Waals surface area contributed by atoms with Crippen molar-refractivity contribution in [2.75, 3.05) is 46.0 Å². The summed E-state index contributed by atoms with van der Waals surface area (Å²) in [5, 5.41) is 11.3. The summed E-state index contributed by atoms with van der Waals surface area (Å²) in [7, 11) is 0. The molecule has 0 radical (unpaired) electrons. The molecule has 2 heterocycles. The van der Waals surface area contributed by atoms with Crippen LogP contribution in [0.25, 0.3) is 5.76 Å². The Kier molecular flexibility index (Phi) is 7.68. The number of nitrogens with zero attached hydrogens (tertiary/aromatic N) is 2. The first-order chi connectivity index (χ1) is 16.9. The fourth-order valence-corrected chi connectivity index (χ4v) is 4.54. The lowest BCUT2D eigenvalue weighted by Gasteiger charge is -2.31. The van der Waals surface area contributed by atoms with Crippen molar-refractivity contribution in [2.45, 2.75) is 19.9 Å². The molecule has 1 atom stereocenters. The van der Waals surface area contributed by atoms with Gasteiger partial charge in [-0.1, -0.05) is 42.5 Å². The van der Waals surface area contributed by atoms with E-state index in [9.17, 15) is 14.7 Å². The van der Waals surface area contributed by atoms with Gasteiger partial charge in [-0.3, -0.25) is 14.5 Å². The number of hydrogen-bond acceptors (Lipinski definition) is 6. The normalized spacial score (nSPS) is 20.3. The van der Waals surface area contributed by atoms with Gasteiger partial charge >= 0.3 is 0 Å². The molecule has 7 nitrogen and oxygen atoms in total. The second-order valence-corrected chi connectivity index (χ2v) is 8.94. The van der Waals surface area contributed by atoms with E-state index in [1.165, 1.54) is 0 Å². The Morgan fingerprint density at radius 2 is 1.83 bits per heavy atom. The Bertz CT molecular complexity index is 1130. The van der Waals surface area contributed by atoms with Crippen LogP contribution in [0.15, 0.2) is 60.7 Å². The molecule has 35 heavy (non-hydrogen) atoms. The van der Waals surface area contributed by atoms with Crippen molar-refractivity contribution in [3.05, 3.63) is 82.9 Å². The third-order valence-corrected chi connectivity index (χ3v) is 6.50. The van der Waals surface area contributed by atoms with Gasteiger partial charge in [0.05, 0.1) is 24.8 Å². The van der Waals surface area contributed by atoms with Crippen LogP contribution in [0.1, 0.15) is 28.3 Å². The zero-order valence-corrected chi connectivity index (χ0v) is 20.3. The molecule has 0 aliphatic carbocycles. The summed E-state index contributed by atoms with van der Waals surface area (Å²) in [4.78, 5) is 30.2. The van der Waals surface area contributed by atoms with E-state index in [4.69, 9.17) is 9.47 Å². The number of aliphatic hydroxyl groups excluding tert-OH is 1. The number of aryl methyl sites for hydroxylation is 2. The number of likely N-dealkylation sites (tertiary alicyclic amines) is 1. The quantitative estimate of drug-likeness (QED) is 0.271. The van der Waals surface area contributed by atoms with E-state index in [-0.39, 0.29) is 11.3 Å². The maximum absolute atomic E-state index is 13.2. The van der Waals surface area contributed by atoms with Gasteiger partial charge in [0.2, 0.25) is 0 Å². The van der Waals surface area contributed by atoms with Gasteiger partial charge in [0.1, 0.15) is 18.1 Å². The molecule has 0 saturated carbocycles. The third-order valence-electron chi connectivity index (χ3n) is 6.50. The number of Topliss-reactive ketones (excluding diaryl/α,β-unsaturated/α-hetero) is 1. The van der Waals surface area contributed by atoms with Crippen molar-refractivity contribution in [3.8, 4) is 5.75 Å². The van der Waals surface area contributed by atoms with Crippen LogP contribution in [0.2, 0.25) is 0 Å². The molecule has 0 aromatic heterocycles. The number of hydrogen-bond donors (Lipinski definition) is 1. The molecule has 1 amide bonds. The Labute approximate surface area is 206 Å². The number of carbonyl (C=O) groups is 2. The van der Waals surface area contributed by atoms with Gasteiger partial charge in [-0.15, -0.1) is 0 Å². The van der Waals surface area contributed by atoms with Gasteiger partial charge in [-0.05, 0) is 43.2 Å². The number of ether oxygens (including phenoxy) is 2. The Morgan fingerprint density at radius 1 is 1.11 bits per heavy atom. The summed E-state index contributed by atoms with van der Waals surface area (Å²) < 4.78 is 11.1. The minimum absolute atomic E-state index is 0.111. The zero-order valence-electron chi connectivity index (χ0n) is 20.3. The van der Waals surface area contributed by atoms with Gasteiger partial charge in [0, 0.05) is 31.7 Å². The number of ketones is 1. The van der Waals surface area contributed by atoms with E-state index in [2.05, 4.69) is 11.5 Å². The molecule has 2 aliphatic heterocycles. The summed E-state index contributed by atoms with van der Waals surface area (Å²) in [6.07, 6.45) is 1.66. The highest BCUT2D eigenvalue weighted by Gasteiger charge is 2.46. The number of benzene rings is 2. The van der Waals surface area contributed by atoms with E-state index in [1.807, 2.05) is 38.1 Å². The first-order valence-corrected chi connectivity index (χ1v) is 11.9. The molecule has 4 rings (SSSR count). The van der Waals surface area contributed by atoms with Gasteiger partial charge in [0.15, 0.2) is 0 Å². The molecule has 2 aromatic carbocycles.